The molecule has 16 heavy (non-hydrogen) atoms. The summed E-state index contributed by atoms with van der Waals surface area (Å²) >= 11 is 0. The van der Waals surface area contributed by atoms with Gasteiger partial charge in [-0.3, -0.25) is 4.79 Å². The molecule has 1 saturated carbocycles. The van der Waals surface area contributed by atoms with Crippen LogP contribution in [0.15, 0.2) is 0 Å². The molecule has 3 nitrogen and oxygen atoms in total. The number of ketones is 1. The van der Waals surface area contributed by atoms with Crippen molar-refractivity contribution in [3.8, 4) is 0 Å². The number of ether oxygens (including phenoxy) is 1. The van der Waals surface area contributed by atoms with E-state index in [0.717, 1.165) is 31.6 Å². The highest BCUT2D eigenvalue weighted by molar-refractivity contribution is 5.85. The Balaban J connectivity index is 1.83. The zero-order valence-corrected chi connectivity index (χ0v) is 10.2. The van der Waals surface area contributed by atoms with Crippen LogP contribution in [0, 0.1) is 11.8 Å². The van der Waals surface area contributed by atoms with Gasteiger partial charge in [-0.25, -0.2) is 0 Å². The molecule has 0 bridgehead atoms. The quantitative estimate of drug-likeness (QED) is 0.798. The summed E-state index contributed by atoms with van der Waals surface area (Å²) in [7, 11) is 0. The summed E-state index contributed by atoms with van der Waals surface area (Å²) in [6.45, 7) is 2.82. The molecule has 0 aromatic rings. The van der Waals surface area contributed by atoms with Crippen LogP contribution in [0.25, 0.3) is 0 Å². The van der Waals surface area contributed by atoms with Crippen molar-refractivity contribution in [3.05, 3.63) is 0 Å². The van der Waals surface area contributed by atoms with Gasteiger partial charge < -0.3 is 10.5 Å². The highest BCUT2D eigenvalue weighted by Gasteiger charge is 2.35. The van der Waals surface area contributed by atoms with E-state index in [2.05, 4.69) is 6.92 Å². The summed E-state index contributed by atoms with van der Waals surface area (Å²) in [5.41, 5.74) is 5.56. The average Bonchev–Trinajstić information content (AvgIpc) is 2.77. The molecule has 2 aliphatic rings. The van der Waals surface area contributed by atoms with E-state index < -0.39 is 0 Å². The van der Waals surface area contributed by atoms with Crippen molar-refractivity contribution >= 4 is 5.78 Å². The molecule has 1 saturated heterocycles. The molecule has 0 amide bonds. The van der Waals surface area contributed by atoms with E-state index >= 15 is 0 Å². The Morgan fingerprint density at radius 1 is 1.19 bits per heavy atom. The Morgan fingerprint density at radius 2 is 1.88 bits per heavy atom. The first-order valence-corrected chi connectivity index (χ1v) is 6.60. The number of hydrogen-bond acceptors (Lipinski definition) is 3. The van der Waals surface area contributed by atoms with Gasteiger partial charge in [0.05, 0.1) is 6.10 Å². The summed E-state index contributed by atoms with van der Waals surface area (Å²) in [5.74, 6) is 1.41. The Kier molecular flexibility index (Phi) is 3.98. The SMILES string of the molecule is CC1CCC(C(=O)C2CCC(CN)O2)CC1. The topological polar surface area (TPSA) is 52.3 Å². The summed E-state index contributed by atoms with van der Waals surface area (Å²) in [4.78, 5) is 12.2. The normalized spacial score (nSPS) is 39.9. The summed E-state index contributed by atoms with van der Waals surface area (Å²) in [6, 6.07) is 0. The molecule has 0 aromatic heterocycles. The lowest BCUT2D eigenvalue weighted by Gasteiger charge is -2.26. The van der Waals surface area contributed by atoms with Crippen LogP contribution in [0.5, 0.6) is 0 Å². The van der Waals surface area contributed by atoms with Crippen LogP contribution in [0.4, 0.5) is 0 Å². The molecule has 2 N–H and O–H groups in total. The van der Waals surface area contributed by atoms with Crippen molar-refractivity contribution < 1.29 is 9.53 Å². The number of hydrogen-bond donors (Lipinski definition) is 1. The minimum absolute atomic E-state index is 0.122. The number of rotatable bonds is 3. The monoisotopic (exact) mass is 225 g/mol. The van der Waals surface area contributed by atoms with Gasteiger partial charge >= 0.3 is 0 Å². The molecule has 2 unspecified atom stereocenters. The maximum atomic E-state index is 12.2. The van der Waals surface area contributed by atoms with Crippen molar-refractivity contribution in [2.24, 2.45) is 17.6 Å². The molecule has 1 heterocycles. The lowest BCUT2D eigenvalue weighted by Crippen LogP contribution is -2.32. The molecular formula is C13H23NO2. The standard InChI is InChI=1S/C13H23NO2/c1-9-2-4-10(5-3-9)13(15)12-7-6-11(8-14)16-12/h9-12H,2-8,14H2,1H3. The van der Waals surface area contributed by atoms with Crippen molar-refractivity contribution in [1.82, 2.24) is 0 Å². The van der Waals surface area contributed by atoms with Gasteiger partial charge in [-0.1, -0.05) is 19.8 Å². The lowest BCUT2D eigenvalue weighted by atomic mass is 9.79. The van der Waals surface area contributed by atoms with Crippen LogP contribution in [0.1, 0.15) is 45.4 Å². The first kappa shape index (κ1) is 12.1. The molecule has 2 fully saturated rings. The largest absolute Gasteiger partial charge is 0.366 e. The lowest BCUT2D eigenvalue weighted by molar-refractivity contribution is -0.134. The Morgan fingerprint density at radius 3 is 2.44 bits per heavy atom. The number of nitrogens with two attached hydrogens (primary N) is 1. The second-order valence-corrected chi connectivity index (χ2v) is 5.42. The fraction of sp³-hybridized carbons (Fsp3) is 0.923. The summed E-state index contributed by atoms with van der Waals surface area (Å²) in [6.07, 6.45) is 6.33. The van der Waals surface area contributed by atoms with Crippen molar-refractivity contribution in [2.75, 3.05) is 6.54 Å². The maximum Gasteiger partial charge on any atom is 0.164 e. The first-order chi connectivity index (χ1) is 7.70. The van der Waals surface area contributed by atoms with Crippen LogP contribution >= 0.6 is 0 Å². The molecule has 3 heteroatoms. The van der Waals surface area contributed by atoms with E-state index in [1.165, 1.54) is 12.8 Å². The third-order valence-electron chi connectivity index (χ3n) is 4.11. The van der Waals surface area contributed by atoms with Gasteiger partial charge in [0.1, 0.15) is 6.10 Å². The van der Waals surface area contributed by atoms with E-state index in [4.69, 9.17) is 10.5 Å². The van der Waals surface area contributed by atoms with Gasteiger partial charge in [0.15, 0.2) is 5.78 Å². The fourth-order valence-corrected chi connectivity index (χ4v) is 2.90. The van der Waals surface area contributed by atoms with Gasteiger partial charge in [-0.2, -0.15) is 0 Å². The van der Waals surface area contributed by atoms with Gasteiger partial charge in [-0.15, -0.1) is 0 Å². The number of carbonyl (C=O) groups excluding carboxylic acids is 1. The molecule has 2 atom stereocenters. The molecule has 0 radical (unpaired) electrons. The van der Waals surface area contributed by atoms with Crippen LogP contribution < -0.4 is 5.73 Å². The molecular weight excluding hydrogens is 202 g/mol. The molecule has 1 aliphatic heterocycles. The Labute approximate surface area is 97.7 Å². The van der Waals surface area contributed by atoms with E-state index in [1.807, 2.05) is 0 Å². The second kappa shape index (κ2) is 5.28. The van der Waals surface area contributed by atoms with Crippen molar-refractivity contribution in [1.29, 1.82) is 0 Å². The highest BCUT2D eigenvalue weighted by atomic mass is 16.5. The van der Waals surface area contributed by atoms with Crippen LogP contribution in [-0.4, -0.2) is 24.5 Å². The predicted molar refractivity (Wildman–Crippen MR) is 63.1 cm³/mol. The number of carbonyl (C=O) groups is 1. The Bertz CT molecular complexity index is 242. The number of Topliss-reactive ketones (excluding diaryl/α,β-unsaturated/α-hetero) is 1. The predicted octanol–water partition coefficient (Wildman–Crippen LogP) is 1.89. The minimum Gasteiger partial charge on any atom is -0.366 e. The summed E-state index contributed by atoms with van der Waals surface area (Å²) < 4.78 is 5.68. The van der Waals surface area contributed by atoms with E-state index in [1.54, 1.807) is 0 Å². The molecule has 0 spiro atoms. The Hall–Kier alpha value is -0.410. The van der Waals surface area contributed by atoms with Gasteiger partial charge in [0.25, 0.3) is 0 Å². The smallest absolute Gasteiger partial charge is 0.164 e. The van der Waals surface area contributed by atoms with E-state index in [-0.39, 0.29) is 18.1 Å². The first-order valence-electron chi connectivity index (χ1n) is 6.60. The second-order valence-electron chi connectivity index (χ2n) is 5.42. The van der Waals surface area contributed by atoms with Crippen LogP contribution in [-0.2, 0) is 9.53 Å². The molecule has 2 rings (SSSR count). The fourth-order valence-electron chi connectivity index (χ4n) is 2.90. The van der Waals surface area contributed by atoms with E-state index in [0.29, 0.717) is 12.3 Å². The zero-order chi connectivity index (χ0) is 11.5. The molecule has 0 aromatic carbocycles. The minimum atomic E-state index is -0.146. The van der Waals surface area contributed by atoms with Gasteiger partial charge in [0.2, 0.25) is 0 Å². The molecule has 92 valence electrons. The van der Waals surface area contributed by atoms with E-state index in [9.17, 15) is 4.79 Å². The summed E-state index contributed by atoms with van der Waals surface area (Å²) in [5, 5.41) is 0. The van der Waals surface area contributed by atoms with Crippen molar-refractivity contribution in [3.63, 3.8) is 0 Å². The zero-order valence-electron chi connectivity index (χ0n) is 10.2. The van der Waals surface area contributed by atoms with Gasteiger partial charge in [0, 0.05) is 12.5 Å². The maximum absolute atomic E-state index is 12.2. The molecule has 1 aliphatic carbocycles. The van der Waals surface area contributed by atoms with Crippen LogP contribution in [0.3, 0.4) is 0 Å². The third-order valence-corrected chi connectivity index (χ3v) is 4.11. The van der Waals surface area contributed by atoms with Crippen molar-refractivity contribution in [2.45, 2.75) is 57.7 Å². The highest BCUT2D eigenvalue weighted by Crippen LogP contribution is 2.32. The average molecular weight is 225 g/mol. The van der Waals surface area contributed by atoms with Gasteiger partial charge in [-0.05, 0) is 31.6 Å². The third kappa shape index (κ3) is 2.64. The van der Waals surface area contributed by atoms with Crippen LogP contribution in [0.2, 0.25) is 0 Å².